The van der Waals surface area contributed by atoms with Gasteiger partial charge in [0, 0.05) is 11.5 Å². The van der Waals surface area contributed by atoms with E-state index >= 15 is 0 Å². The van der Waals surface area contributed by atoms with Crippen molar-refractivity contribution >= 4 is 12.1 Å². The first-order valence-electron chi connectivity index (χ1n) is 12.5. The number of alkyl halides is 3. The quantitative estimate of drug-likeness (QED) is 0.408. The molecule has 0 bridgehead atoms. The summed E-state index contributed by atoms with van der Waals surface area (Å²) in [6.07, 6.45) is 4.79. The van der Waals surface area contributed by atoms with Crippen LogP contribution in [0, 0.1) is 34.5 Å². The van der Waals surface area contributed by atoms with Crippen LogP contribution in [-0.4, -0.2) is 24.7 Å². The van der Waals surface area contributed by atoms with Crippen LogP contribution < -0.4 is 10.1 Å². The average molecular weight is 492 g/mol. The highest BCUT2D eigenvalue weighted by Crippen LogP contribution is 2.65. The third-order valence-corrected chi connectivity index (χ3v) is 9.67. The summed E-state index contributed by atoms with van der Waals surface area (Å²) in [5.41, 5.74) is -0.744. The first-order valence-corrected chi connectivity index (χ1v) is 12.5. The predicted octanol–water partition coefficient (Wildman–Crippen LogP) is 6.13. The molecule has 1 aliphatic heterocycles. The fourth-order valence-corrected chi connectivity index (χ4v) is 7.72. The minimum Gasteiger partial charge on any atom is -0.434 e. The summed E-state index contributed by atoms with van der Waals surface area (Å²) in [6, 6.07) is 4.21. The number of rotatable bonds is 3. The van der Waals surface area contributed by atoms with Gasteiger partial charge in [-0.15, -0.1) is 0 Å². The predicted molar refractivity (Wildman–Crippen MR) is 122 cm³/mol. The number of ether oxygens (including phenoxy) is 2. The lowest BCUT2D eigenvalue weighted by molar-refractivity contribution is -0.137. The van der Waals surface area contributed by atoms with Gasteiger partial charge in [0.2, 0.25) is 5.91 Å². The Hall–Kier alpha value is -2.51. The molecule has 35 heavy (non-hydrogen) atoms. The Labute approximate surface area is 203 Å². The first kappa shape index (κ1) is 24.2. The molecule has 3 saturated carbocycles. The molecule has 3 aliphatic carbocycles. The molecule has 3 fully saturated rings. The van der Waals surface area contributed by atoms with Gasteiger partial charge in [-0.2, -0.15) is 13.2 Å². The fourth-order valence-electron chi connectivity index (χ4n) is 7.72. The number of amides is 1. The van der Waals surface area contributed by atoms with E-state index in [4.69, 9.17) is 9.47 Å². The highest BCUT2D eigenvalue weighted by molar-refractivity contribution is 5.89. The van der Waals surface area contributed by atoms with Crippen LogP contribution in [0.15, 0.2) is 36.4 Å². The molecule has 7 atom stereocenters. The summed E-state index contributed by atoms with van der Waals surface area (Å²) in [6.45, 7) is 4.86. The summed E-state index contributed by atoms with van der Waals surface area (Å²) in [5.74, 6) is 1.91. The third kappa shape index (κ3) is 4.23. The molecule has 0 saturated heterocycles. The van der Waals surface area contributed by atoms with Crippen LogP contribution >= 0.6 is 0 Å². The molecule has 190 valence electrons. The number of hydrogen-bond acceptors (Lipinski definition) is 4. The molecule has 0 spiro atoms. The molecule has 5 rings (SSSR count). The topological polar surface area (TPSA) is 64.6 Å². The lowest BCUT2D eigenvalue weighted by Gasteiger charge is -2.58. The van der Waals surface area contributed by atoms with Crippen LogP contribution in [-0.2, 0) is 15.7 Å². The SMILES string of the molecule is C[C@]12C=CC(=O)NC1CCC1C2CC[C@@]2(C)C1CC[C@@H]2COC(=O)Oc1ccc(C(F)(F)F)cc1. The molecule has 1 aromatic rings. The van der Waals surface area contributed by atoms with Crippen LogP contribution in [0.2, 0.25) is 0 Å². The van der Waals surface area contributed by atoms with Crippen LogP contribution in [0.25, 0.3) is 0 Å². The second kappa shape index (κ2) is 8.56. The van der Waals surface area contributed by atoms with Gasteiger partial charge in [-0.25, -0.2) is 4.79 Å². The minimum atomic E-state index is -4.44. The summed E-state index contributed by atoms with van der Waals surface area (Å²) in [7, 11) is 0. The van der Waals surface area contributed by atoms with Crippen molar-refractivity contribution in [1.82, 2.24) is 5.32 Å². The largest absolute Gasteiger partial charge is 0.513 e. The van der Waals surface area contributed by atoms with Gasteiger partial charge < -0.3 is 14.8 Å². The van der Waals surface area contributed by atoms with Gasteiger partial charge in [-0.3, -0.25) is 4.79 Å². The number of benzene rings is 1. The van der Waals surface area contributed by atoms with Crippen molar-refractivity contribution in [3.05, 3.63) is 42.0 Å². The van der Waals surface area contributed by atoms with Gasteiger partial charge in [-0.1, -0.05) is 19.9 Å². The lowest BCUT2D eigenvalue weighted by atomic mass is 9.48. The van der Waals surface area contributed by atoms with Gasteiger partial charge in [0.05, 0.1) is 12.2 Å². The molecule has 0 aromatic heterocycles. The van der Waals surface area contributed by atoms with Crippen LogP contribution in [0.5, 0.6) is 5.75 Å². The second-order valence-corrected chi connectivity index (χ2v) is 11.2. The van der Waals surface area contributed by atoms with E-state index in [1.54, 1.807) is 6.08 Å². The van der Waals surface area contributed by atoms with Crippen molar-refractivity contribution in [2.24, 2.45) is 34.5 Å². The Balaban J connectivity index is 1.20. The Morgan fingerprint density at radius 3 is 2.51 bits per heavy atom. The highest BCUT2D eigenvalue weighted by atomic mass is 19.4. The van der Waals surface area contributed by atoms with Crippen molar-refractivity contribution < 1.29 is 32.2 Å². The molecule has 8 heteroatoms. The molecule has 5 nitrogen and oxygen atoms in total. The van der Waals surface area contributed by atoms with Gasteiger partial charge in [0.25, 0.3) is 0 Å². The van der Waals surface area contributed by atoms with Gasteiger partial charge >= 0.3 is 12.3 Å². The lowest BCUT2D eigenvalue weighted by Crippen LogP contribution is -2.59. The highest BCUT2D eigenvalue weighted by Gasteiger charge is 2.59. The van der Waals surface area contributed by atoms with E-state index in [0.29, 0.717) is 17.8 Å². The zero-order valence-electron chi connectivity index (χ0n) is 20.1. The Morgan fingerprint density at radius 1 is 1.06 bits per heavy atom. The summed E-state index contributed by atoms with van der Waals surface area (Å²) >= 11 is 0. The Kier molecular flexibility index (Phi) is 5.92. The summed E-state index contributed by atoms with van der Waals surface area (Å²) in [4.78, 5) is 24.2. The maximum absolute atomic E-state index is 12.7. The number of carbonyl (C=O) groups excluding carboxylic acids is 2. The van der Waals surface area contributed by atoms with Gasteiger partial charge in [0.1, 0.15) is 5.75 Å². The van der Waals surface area contributed by atoms with E-state index in [0.717, 1.165) is 62.8 Å². The van der Waals surface area contributed by atoms with Crippen molar-refractivity contribution in [3.8, 4) is 5.75 Å². The maximum atomic E-state index is 12.7. The monoisotopic (exact) mass is 491 g/mol. The van der Waals surface area contributed by atoms with Crippen molar-refractivity contribution in [3.63, 3.8) is 0 Å². The number of fused-ring (bicyclic) bond motifs is 5. The molecular formula is C27H32F3NO4. The maximum Gasteiger partial charge on any atom is 0.513 e. The molecular weight excluding hydrogens is 459 g/mol. The molecule has 4 unspecified atom stereocenters. The summed E-state index contributed by atoms with van der Waals surface area (Å²) < 4.78 is 48.7. The van der Waals surface area contributed by atoms with Crippen molar-refractivity contribution in [2.45, 2.75) is 64.6 Å². The smallest absolute Gasteiger partial charge is 0.434 e. The minimum absolute atomic E-state index is 0.00725. The Morgan fingerprint density at radius 2 is 1.80 bits per heavy atom. The molecule has 1 heterocycles. The number of nitrogens with one attached hydrogen (secondary N) is 1. The molecule has 1 aromatic carbocycles. The van der Waals surface area contributed by atoms with Crippen LogP contribution in [0.4, 0.5) is 18.0 Å². The van der Waals surface area contributed by atoms with E-state index in [9.17, 15) is 22.8 Å². The molecule has 1 amide bonds. The van der Waals surface area contributed by atoms with E-state index in [1.165, 1.54) is 0 Å². The van der Waals surface area contributed by atoms with E-state index in [1.807, 2.05) is 0 Å². The normalized spacial score (nSPS) is 38.1. The van der Waals surface area contributed by atoms with Gasteiger partial charge in [-0.05, 0) is 98.0 Å². The average Bonchev–Trinajstić information content (AvgIpc) is 3.14. The Bertz CT molecular complexity index is 1020. The van der Waals surface area contributed by atoms with E-state index < -0.39 is 17.9 Å². The standard InChI is InChI=1S/C27H32F3NO4/c1-25-13-11-21-19(8-10-22-26(21,2)14-12-23(32)31-22)20(25)9-5-17(25)15-34-24(33)35-18-6-3-16(4-7-18)27(28,29)30/h3-4,6-7,12,14,17,19-22H,5,8-11,13,15H2,1-2H3,(H,31,32)/t17-,19?,20?,21?,22?,25-,26-/m1/s1. The summed E-state index contributed by atoms with van der Waals surface area (Å²) in [5, 5.41) is 3.18. The zero-order valence-corrected chi connectivity index (χ0v) is 20.1. The van der Waals surface area contributed by atoms with Crippen LogP contribution in [0.1, 0.15) is 57.9 Å². The van der Waals surface area contributed by atoms with E-state index in [-0.39, 0.29) is 41.1 Å². The van der Waals surface area contributed by atoms with E-state index in [2.05, 4.69) is 25.2 Å². The number of hydrogen-bond donors (Lipinski definition) is 1. The zero-order chi connectivity index (χ0) is 25.0. The molecule has 1 N–H and O–H groups in total. The fraction of sp³-hybridized carbons (Fsp3) is 0.630. The first-order chi connectivity index (χ1) is 16.5. The van der Waals surface area contributed by atoms with Crippen molar-refractivity contribution in [1.29, 1.82) is 0 Å². The number of halogens is 3. The van der Waals surface area contributed by atoms with Crippen LogP contribution in [0.3, 0.4) is 0 Å². The number of carbonyl (C=O) groups is 2. The molecule has 4 aliphatic rings. The van der Waals surface area contributed by atoms with Crippen molar-refractivity contribution in [2.75, 3.05) is 6.61 Å². The second-order valence-electron chi connectivity index (χ2n) is 11.2. The molecule has 0 radical (unpaired) electrons. The van der Waals surface area contributed by atoms with Gasteiger partial charge in [0.15, 0.2) is 0 Å². The third-order valence-electron chi connectivity index (χ3n) is 9.67.